The molecule has 0 bridgehead atoms. The molecule has 0 fully saturated rings. The van der Waals surface area contributed by atoms with Gasteiger partial charge in [0.15, 0.2) is 0 Å². The topological polar surface area (TPSA) is 38.9 Å². The monoisotopic (exact) mass is 284 g/mol. The summed E-state index contributed by atoms with van der Waals surface area (Å²) in [5.74, 6) is 0. The highest BCUT2D eigenvalue weighted by Gasteiger charge is 2.06. The van der Waals surface area contributed by atoms with Crippen LogP contribution in [0.1, 0.15) is 57.2 Å². The van der Waals surface area contributed by atoms with Gasteiger partial charge in [-0.25, -0.2) is 0 Å². The number of hydrogen-bond acceptors (Lipinski definition) is 2. The summed E-state index contributed by atoms with van der Waals surface area (Å²) >= 11 is 3.37. The summed E-state index contributed by atoms with van der Waals surface area (Å²) in [5.41, 5.74) is 7.08. The van der Waals surface area contributed by atoms with Crippen molar-refractivity contribution in [3.05, 3.63) is 28.5 Å². The molecule has 16 heavy (non-hydrogen) atoms. The van der Waals surface area contributed by atoms with Gasteiger partial charge >= 0.3 is 0 Å². The van der Waals surface area contributed by atoms with Crippen molar-refractivity contribution in [3.8, 4) is 0 Å². The summed E-state index contributed by atoms with van der Waals surface area (Å²) in [6.45, 7) is 2.23. The summed E-state index contributed by atoms with van der Waals surface area (Å²) in [6, 6.07) is 4.09. The van der Waals surface area contributed by atoms with Crippen LogP contribution in [0, 0.1) is 0 Å². The molecule has 0 saturated carbocycles. The van der Waals surface area contributed by atoms with Crippen LogP contribution in [0.2, 0.25) is 0 Å². The van der Waals surface area contributed by atoms with Crippen molar-refractivity contribution < 1.29 is 0 Å². The van der Waals surface area contributed by atoms with Crippen LogP contribution in [0.15, 0.2) is 22.8 Å². The smallest absolute Gasteiger partial charge is 0.0571 e. The number of unbranched alkanes of at least 4 members (excludes halogenated alkanes) is 4. The maximum atomic E-state index is 6.08. The van der Waals surface area contributed by atoms with E-state index in [0.29, 0.717) is 0 Å². The Kier molecular flexibility index (Phi) is 6.65. The Morgan fingerprint density at radius 2 is 2.00 bits per heavy atom. The van der Waals surface area contributed by atoms with Gasteiger partial charge in [-0.1, -0.05) is 39.0 Å². The Morgan fingerprint density at radius 1 is 1.25 bits per heavy atom. The van der Waals surface area contributed by atoms with E-state index >= 15 is 0 Å². The van der Waals surface area contributed by atoms with E-state index in [2.05, 4.69) is 27.8 Å². The highest BCUT2D eigenvalue weighted by molar-refractivity contribution is 9.10. The minimum atomic E-state index is 0.0923. The molecular formula is C13H21BrN2. The minimum Gasteiger partial charge on any atom is -0.323 e. The molecule has 1 atom stereocenters. The lowest BCUT2D eigenvalue weighted by molar-refractivity contribution is 0.548. The third-order valence-electron chi connectivity index (χ3n) is 2.75. The maximum absolute atomic E-state index is 6.08. The van der Waals surface area contributed by atoms with E-state index in [1.54, 1.807) is 0 Å². The Morgan fingerprint density at radius 3 is 2.62 bits per heavy atom. The second-order valence-electron chi connectivity index (χ2n) is 4.21. The van der Waals surface area contributed by atoms with E-state index in [1.807, 2.05) is 18.3 Å². The molecule has 1 rings (SSSR count). The largest absolute Gasteiger partial charge is 0.323 e. The van der Waals surface area contributed by atoms with Crippen molar-refractivity contribution in [2.75, 3.05) is 0 Å². The van der Waals surface area contributed by atoms with Gasteiger partial charge < -0.3 is 5.73 Å². The predicted molar refractivity (Wildman–Crippen MR) is 72.2 cm³/mol. The number of halogens is 1. The fourth-order valence-corrected chi connectivity index (χ4v) is 1.96. The molecule has 1 unspecified atom stereocenters. The fourth-order valence-electron chi connectivity index (χ4n) is 1.72. The molecule has 0 spiro atoms. The van der Waals surface area contributed by atoms with E-state index < -0.39 is 0 Å². The van der Waals surface area contributed by atoms with Gasteiger partial charge in [0, 0.05) is 16.7 Å². The standard InChI is InChI=1S/C13H21BrN2/c1-2-3-4-5-6-7-12(15)13-9-8-11(14)10-16-13/h8-10,12H,2-7,15H2,1H3. The fraction of sp³-hybridized carbons (Fsp3) is 0.615. The number of nitrogens with two attached hydrogens (primary N) is 1. The second-order valence-corrected chi connectivity index (χ2v) is 5.13. The number of pyridine rings is 1. The first-order chi connectivity index (χ1) is 7.74. The molecule has 2 nitrogen and oxygen atoms in total. The third kappa shape index (κ3) is 5.08. The lowest BCUT2D eigenvalue weighted by Gasteiger charge is -2.10. The van der Waals surface area contributed by atoms with Crippen LogP contribution < -0.4 is 5.73 Å². The van der Waals surface area contributed by atoms with E-state index in [4.69, 9.17) is 5.73 Å². The molecule has 1 heterocycles. The first-order valence-corrected chi connectivity index (χ1v) is 6.90. The minimum absolute atomic E-state index is 0.0923. The van der Waals surface area contributed by atoms with Crippen molar-refractivity contribution >= 4 is 15.9 Å². The molecule has 0 amide bonds. The van der Waals surface area contributed by atoms with Crippen LogP contribution in [0.3, 0.4) is 0 Å². The molecule has 0 aliphatic rings. The first-order valence-electron chi connectivity index (χ1n) is 6.11. The first kappa shape index (κ1) is 13.7. The molecule has 0 aliphatic heterocycles. The number of nitrogens with zero attached hydrogens (tertiary/aromatic N) is 1. The molecule has 0 aliphatic carbocycles. The van der Waals surface area contributed by atoms with E-state index in [9.17, 15) is 0 Å². The Balaban J connectivity index is 2.24. The SMILES string of the molecule is CCCCCCCC(N)c1ccc(Br)cn1. The molecule has 1 aromatic heterocycles. The van der Waals surface area contributed by atoms with Crippen LogP contribution in [0.25, 0.3) is 0 Å². The molecule has 90 valence electrons. The summed E-state index contributed by atoms with van der Waals surface area (Å²) in [7, 11) is 0. The van der Waals surface area contributed by atoms with Crippen molar-refractivity contribution in [2.45, 2.75) is 51.5 Å². The Labute approximate surface area is 107 Å². The van der Waals surface area contributed by atoms with E-state index in [-0.39, 0.29) is 6.04 Å². The zero-order valence-electron chi connectivity index (χ0n) is 9.95. The van der Waals surface area contributed by atoms with Gasteiger partial charge in [-0.2, -0.15) is 0 Å². The molecular weight excluding hydrogens is 264 g/mol. The predicted octanol–water partition coefficient (Wildman–Crippen LogP) is 4.20. The zero-order valence-corrected chi connectivity index (χ0v) is 11.5. The van der Waals surface area contributed by atoms with Gasteiger partial charge in [0.1, 0.15) is 0 Å². The second kappa shape index (κ2) is 7.80. The number of rotatable bonds is 7. The van der Waals surface area contributed by atoms with Gasteiger partial charge in [0.05, 0.1) is 5.69 Å². The average molecular weight is 285 g/mol. The van der Waals surface area contributed by atoms with Crippen molar-refractivity contribution in [1.29, 1.82) is 0 Å². The van der Waals surface area contributed by atoms with Crippen LogP contribution >= 0.6 is 15.9 Å². The van der Waals surface area contributed by atoms with Crippen LogP contribution in [-0.4, -0.2) is 4.98 Å². The van der Waals surface area contributed by atoms with Crippen LogP contribution in [0.4, 0.5) is 0 Å². The molecule has 1 aromatic rings. The van der Waals surface area contributed by atoms with E-state index in [1.165, 1.54) is 32.1 Å². The van der Waals surface area contributed by atoms with Crippen LogP contribution in [-0.2, 0) is 0 Å². The molecule has 3 heteroatoms. The van der Waals surface area contributed by atoms with Gasteiger partial charge in [-0.15, -0.1) is 0 Å². The molecule has 2 N–H and O–H groups in total. The zero-order chi connectivity index (χ0) is 11.8. The average Bonchev–Trinajstić information content (AvgIpc) is 2.29. The van der Waals surface area contributed by atoms with Crippen molar-refractivity contribution in [1.82, 2.24) is 4.98 Å². The van der Waals surface area contributed by atoms with E-state index in [0.717, 1.165) is 16.6 Å². The van der Waals surface area contributed by atoms with Crippen LogP contribution in [0.5, 0.6) is 0 Å². The van der Waals surface area contributed by atoms with Gasteiger partial charge in [0.25, 0.3) is 0 Å². The lowest BCUT2D eigenvalue weighted by Crippen LogP contribution is -2.11. The Hall–Kier alpha value is -0.410. The number of aromatic nitrogens is 1. The normalized spacial score (nSPS) is 12.7. The maximum Gasteiger partial charge on any atom is 0.0571 e. The van der Waals surface area contributed by atoms with Crippen molar-refractivity contribution in [2.24, 2.45) is 5.73 Å². The van der Waals surface area contributed by atoms with Gasteiger partial charge in [-0.3, -0.25) is 4.98 Å². The number of hydrogen-bond donors (Lipinski definition) is 1. The summed E-state index contributed by atoms with van der Waals surface area (Å²) in [4.78, 5) is 4.32. The lowest BCUT2D eigenvalue weighted by atomic mass is 10.0. The summed E-state index contributed by atoms with van der Waals surface area (Å²) in [5, 5.41) is 0. The molecule has 0 saturated heterocycles. The molecule has 0 aromatic carbocycles. The summed E-state index contributed by atoms with van der Waals surface area (Å²) < 4.78 is 1.01. The summed E-state index contributed by atoms with van der Waals surface area (Å²) in [6.07, 6.45) is 9.31. The van der Waals surface area contributed by atoms with Gasteiger partial charge in [-0.05, 0) is 34.5 Å². The highest BCUT2D eigenvalue weighted by atomic mass is 79.9. The van der Waals surface area contributed by atoms with Gasteiger partial charge in [0.2, 0.25) is 0 Å². The van der Waals surface area contributed by atoms with Crippen molar-refractivity contribution in [3.63, 3.8) is 0 Å². The quantitative estimate of drug-likeness (QED) is 0.762. The highest BCUT2D eigenvalue weighted by Crippen LogP contribution is 2.17. The third-order valence-corrected chi connectivity index (χ3v) is 3.22. The molecule has 0 radical (unpaired) electrons. The Bertz CT molecular complexity index is 284.